The van der Waals surface area contributed by atoms with Crippen molar-refractivity contribution in [2.24, 2.45) is 0 Å². The Labute approximate surface area is 127 Å². The monoisotopic (exact) mass is 304 g/mol. The third-order valence-corrected chi connectivity index (χ3v) is 3.79. The van der Waals surface area contributed by atoms with Gasteiger partial charge in [0.1, 0.15) is 0 Å². The summed E-state index contributed by atoms with van der Waals surface area (Å²) in [7, 11) is 0. The summed E-state index contributed by atoms with van der Waals surface area (Å²) in [4.78, 5) is 0. The summed E-state index contributed by atoms with van der Waals surface area (Å²) in [5, 5.41) is 6.05. The zero-order valence-electron chi connectivity index (χ0n) is 10.8. The summed E-state index contributed by atoms with van der Waals surface area (Å²) in [5.41, 5.74) is 2.11. The summed E-state index contributed by atoms with van der Waals surface area (Å²) in [6, 6.07) is 15.8. The summed E-state index contributed by atoms with van der Waals surface area (Å²) >= 11 is 12.2. The number of fused-ring (bicyclic) bond motifs is 1. The second kappa shape index (κ2) is 5.78. The Morgan fingerprint density at radius 1 is 1.00 bits per heavy atom. The van der Waals surface area contributed by atoms with E-state index < -0.39 is 0 Å². The summed E-state index contributed by atoms with van der Waals surface area (Å²) in [6.07, 6.45) is 2.07. The number of aromatic nitrogens is 1. The summed E-state index contributed by atoms with van der Waals surface area (Å²) in [6.45, 7) is 1.66. The number of hydrogen-bond donors (Lipinski definition) is 1. The standard InChI is InChI=1S/C16H14Cl2N2/c17-13-4-2-5-14(11-13)19-8-10-20-9-7-12-3-1-6-15(18)16(12)20/h1-7,9,11,19H,8,10H2. The van der Waals surface area contributed by atoms with Gasteiger partial charge in [-0.15, -0.1) is 0 Å². The highest BCUT2D eigenvalue weighted by molar-refractivity contribution is 6.35. The van der Waals surface area contributed by atoms with Crippen molar-refractivity contribution >= 4 is 39.8 Å². The largest absolute Gasteiger partial charge is 0.383 e. The van der Waals surface area contributed by atoms with Crippen molar-refractivity contribution in [1.82, 2.24) is 4.57 Å². The second-order valence-corrected chi connectivity index (χ2v) is 5.47. The van der Waals surface area contributed by atoms with E-state index in [1.807, 2.05) is 36.4 Å². The van der Waals surface area contributed by atoms with Crippen molar-refractivity contribution in [3.63, 3.8) is 0 Å². The van der Waals surface area contributed by atoms with Gasteiger partial charge in [0.05, 0.1) is 10.5 Å². The van der Waals surface area contributed by atoms with Crippen LogP contribution in [0.15, 0.2) is 54.7 Å². The van der Waals surface area contributed by atoms with E-state index >= 15 is 0 Å². The number of hydrogen-bond acceptors (Lipinski definition) is 1. The van der Waals surface area contributed by atoms with Crippen LogP contribution in [0, 0.1) is 0 Å². The Balaban J connectivity index is 1.71. The van der Waals surface area contributed by atoms with Crippen LogP contribution in [0.4, 0.5) is 5.69 Å². The highest BCUT2D eigenvalue weighted by atomic mass is 35.5. The van der Waals surface area contributed by atoms with Gasteiger partial charge in [-0.2, -0.15) is 0 Å². The zero-order chi connectivity index (χ0) is 13.9. The lowest BCUT2D eigenvalue weighted by atomic mass is 10.2. The quantitative estimate of drug-likeness (QED) is 0.713. The molecule has 0 aliphatic heterocycles. The molecule has 3 rings (SSSR count). The van der Waals surface area contributed by atoms with Gasteiger partial charge in [-0.3, -0.25) is 0 Å². The Hall–Kier alpha value is -1.64. The van der Waals surface area contributed by atoms with Gasteiger partial charge in [-0.1, -0.05) is 41.4 Å². The van der Waals surface area contributed by atoms with Crippen LogP contribution in [0.2, 0.25) is 10.0 Å². The van der Waals surface area contributed by atoms with Gasteiger partial charge < -0.3 is 9.88 Å². The van der Waals surface area contributed by atoms with E-state index in [0.29, 0.717) is 0 Å². The predicted octanol–water partition coefficient (Wildman–Crippen LogP) is 5.06. The maximum Gasteiger partial charge on any atom is 0.0670 e. The van der Waals surface area contributed by atoms with Gasteiger partial charge in [0.25, 0.3) is 0 Å². The average molecular weight is 305 g/mol. The number of halogens is 2. The molecule has 0 saturated carbocycles. The van der Waals surface area contributed by atoms with Crippen LogP contribution < -0.4 is 5.32 Å². The Morgan fingerprint density at radius 3 is 2.70 bits per heavy atom. The lowest BCUT2D eigenvalue weighted by Gasteiger charge is -2.09. The number of benzene rings is 2. The van der Waals surface area contributed by atoms with E-state index in [4.69, 9.17) is 23.2 Å². The molecule has 0 radical (unpaired) electrons. The minimum absolute atomic E-state index is 0.740. The fraction of sp³-hybridized carbons (Fsp3) is 0.125. The lowest BCUT2D eigenvalue weighted by Crippen LogP contribution is -2.09. The molecular weight excluding hydrogens is 291 g/mol. The Morgan fingerprint density at radius 2 is 1.85 bits per heavy atom. The van der Waals surface area contributed by atoms with Crippen LogP contribution in [-0.4, -0.2) is 11.1 Å². The molecule has 102 valence electrons. The third kappa shape index (κ3) is 2.77. The average Bonchev–Trinajstić information content (AvgIpc) is 2.84. The van der Waals surface area contributed by atoms with E-state index in [9.17, 15) is 0 Å². The highest BCUT2D eigenvalue weighted by Crippen LogP contribution is 2.24. The van der Waals surface area contributed by atoms with Gasteiger partial charge in [0, 0.05) is 35.4 Å². The molecule has 2 nitrogen and oxygen atoms in total. The molecule has 0 unspecified atom stereocenters. The van der Waals surface area contributed by atoms with Crippen LogP contribution in [0.5, 0.6) is 0 Å². The van der Waals surface area contributed by atoms with E-state index in [1.54, 1.807) is 0 Å². The van der Waals surface area contributed by atoms with Crippen LogP contribution in [0.1, 0.15) is 0 Å². The van der Waals surface area contributed by atoms with Gasteiger partial charge in [-0.25, -0.2) is 0 Å². The third-order valence-electron chi connectivity index (χ3n) is 3.25. The van der Waals surface area contributed by atoms with E-state index in [0.717, 1.165) is 34.3 Å². The second-order valence-electron chi connectivity index (χ2n) is 4.62. The molecule has 20 heavy (non-hydrogen) atoms. The first-order chi connectivity index (χ1) is 9.74. The van der Waals surface area contributed by atoms with Crippen molar-refractivity contribution in [2.75, 3.05) is 11.9 Å². The van der Waals surface area contributed by atoms with Crippen molar-refractivity contribution in [2.45, 2.75) is 6.54 Å². The number of rotatable bonds is 4. The molecule has 0 atom stereocenters. The van der Waals surface area contributed by atoms with Gasteiger partial charge >= 0.3 is 0 Å². The first kappa shape index (κ1) is 13.3. The maximum absolute atomic E-state index is 6.26. The van der Waals surface area contributed by atoms with Crippen LogP contribution in [-0.2, 0) is 6.54 Å². The summed E-state index contributed by atoms with van der Waals surface area (Å²) < 4.78 is 2.16. The molecule has 4 heteroatoms. The number of para-hydroxylation sites is 1. The van der Waals surface area contributed by atoms with E-state index in [2.05, 4.69) is 28.2 Å². The smallest absolute Gasteiger partial charge is 0.0670 e. The zero-order valence-corrected chi connectivity index (χ0v) is 12.3. The molecule has 3 aromatic rings. The molecule has 0 fully saturated rings. The van der Waals surface area contributed by atoms with Crippen LogP contribution in [0.25, 0.3) is 10.9 Å². The van der Waals surface area contributed by atoms with Gasteiger partial charge in [0.15, 0.2) is 0 Å². The number of anilines is 1. The molecular formula is C16H14Cl2N2. The lowest BCUT2D eigenvalue weighted by molar-refractivity contribution is 0.757. The first-order valence-electron chi connectivity index (χ1n) is 6.47. The van der Waals surface area contributed by atoms with Crippen LogP contribution in [0.3, 0.4) is 0 Å². The SMILES string of the molecule is Clc1cccc(NCCn2ccc3cccc(Cl)c32)c1. The summed E-state index contributed by atoms with van der Waals surface area (Å²) in [5.74, 6) is 0. The van der Waals surface area contributed by atoms with Crippen molar-refractivity contribution < 1.29 is 0 Å². The topological polar surface area (TPSA) is 17.0 Å². The fourth-order valence-corrected chi connectivity index (χ4v) is 2.80. The molecule has 1 N–H and O–H groups in total. The normalized spacial score (nSPS) is 10.9. The number of nitrogens with one attached hydrogen (secondary N) is 1. The number of nitrogens with zero attached hydrogens (tertiary/aromatic N) is 1. The molecule has 2 aromatic carbocycles. The van der Waals surface area contributed by atoms with Crippen molar-refractivity contribution in [1.29, 1.82) is 0 Å². The molecule has 1 heterocycles. The van der Waals surface area contributed by atoms with Crippen molar-refractivity contribution in [3.8, 4) is 0 Å². The highest BCUT2D eigenvalue weighted by Gasteiger charge is 2.04. The van der Waals surface area contributed by atoms with Gasteiger partial charge in [-0.05, 0) is 30.3 Å². The molecule has 0 saturated heterocycles. The Kier molecular flexibility index (Phi) is 3.86. The van der Waals surface area contributed by atoms with Gasteiger partial charge in [0.2, 0.25) is 0 Å². The minimum atomic E-state index is 0.740. The molecule has 0 aliphatic carbocycles. The molecule has 0 spiro atoms. The minimum Gasteiger partial charge on any atom is -0.383 e. The maximum atomic E-state index is 6.26. The van der Waals surface area contributed by atoms with Crippen LogP contribution >= 0.6 is 23.2 Å². The van der Waals surface area contributed by atoms with E-state index in [1.165, 1.54) is 5.39 Å². The Bertz CT molecular complexity index is 734. The fourth-order valence-electron chi connectivity index (χ4n) is 2.32. The predicted molar refractivity (Wildman–Crippen MR) is 86.9 cm³/mol. The van der Waals surface area contributed by atoms with E-state index in [-0.39, 0.29) is 0 Å². The molecule has 0 bridgehead atoms. The molecule has 1 aromatic heterocycles. The molecule has 0 aliphatic rings. The van der Waals surface area contributed by atoms with Crippen molar-refractivity contribution in [3.05, 3.63) is 64.8 Å². The first-order valence-corrected chi connectivity index (χ1v) is 7.22. The molecule has 0 amide bonds.